The van der Waals surface area contributed by atoms with Crippen molar-refractivity contribution >= 4 is 45.3 Å². The van der Waals surface area contributed by atoms with Crippen LogP contribution in [0, 0.1) is 0 Å². The van der Waals surface area contributed by atoms with E-state index in [4.69, 9.17) is 17.0 Å². The molecule has 2 aromatic carbocycles. The molecule has 1 atom stereocenters. The standard InChI is InChI=1S/C24H25N3O2S2/c1-2-29-23(28)21-19-13-14-27(15-17-9-5-3-6-10-17)16-20(19)31-22(21)26-24(30)25-18-11-7-4-8-12-18/h3-12H,2,13-16H2,1H3,(H2,25,26,30)/p+1. The number of hydrogen-bond acceptors (Lipinski definition) is 4. The number of thiophene rings is 1. The van der Waals surface area contributed by atoms with E-state index in [-0.39, 0.29) is 5.97 Å². The zero-order valence-corrected chi connectivity index (χ0v) is 19.1. The molecular weight excluding hydrogens is 426 g/mol. The van der Waals surface area contributed by atoms with E-state index in [1.165, 1.54) is 15.3 Å². The van der Waals surface area contributed by atoms with Gasteiger partial charge in [0.05, 0.1) is 23.6 Å². The Labute approximate surface area is 192 Å². The molecule has 0 saturated heterocycles. The van der Waals surface area contributed by atoms with Gasteiger partial charge in [-0.25, -0.2) is 4.79 Å². The molecule has 0 radical (unpaired) electrons. The maximum absolute atomic E-state index is 12.8. The third-order valence-electron chi connectivity index (χ3n) is 5.27. The van der Waals surface area contributed by atoms with Crippen LogP contribution in [0.5, 0.6) is 0 Å². The van der Waals surface area contributed by atoms with E-state index < -0.39 is 0 Å². The first-order valence-corrected chi connectivity index (χ1v) is 11.7. The van der Waals surface area contributed by atoms with Crippen LogP contribution in [0.3, 0.4) is 0 Å². The number of thiocarbonyl (C=S) groups is 1. The van der Waals surface area contributed by atoms with Gasteiger partial charge in [0.25, 0.3) is 0 Å². The summed E-state index contributed by atoms with van der Waals surface area (Å²) in [7, 11) is 0. The highest BCUT2D eigenvalue weighted by Gasteiger charge is 2.31. The SMILES string of the molecule is CCOC(=O)c1c(NC(=S)Nc2ccccc2)sc2c1CC[NH+](Cc1ccccc1)C2. The predicted octanol–water partition coefficient (Wildman–Crippen LogP) is 3.87. The van der Waals surface area contributed by atoms with E-state index in [9.17, 15) is 4.79 Å². The van der Waals surface area contributed by atoms with Crippen molar-refractivity contribution in [2.24, 2.45) is 0 Å². The highest BCUT2D eigenvalue weighted by Crippen LogP contribution is 2.35. The van der Waals surface area contributed by atoms with E-state index >= 15 is 0 Å². The van der Waals surface area contributed by atoms with Crippen molar-refractivity contribution in [3.05, 3.63) is 82.2 Å². The topological polar surface area (TPSA) is 54.8 Å². The molecule has 3 aromatic rings. The number of anilines is 2. The van der Waals surface area contributed by atoms with Crippen LogP contribution in [0.25, 0.3) is 0 Å². The van der Waals surface area contributed by atoms with Gasteiger partial charge < -0.3 is 20.3 Å². The first-order chi connectivity index (χ1) is 15.1. The average molecular weight is 453 g/mol. The summed E-state index contributed by atoms with van der Waals surface area (Å²) in [6.07, 6.45) is 0.850. The molecule has 31 heavy (non-hydrogen) atoms. The number of carbonyl (C=O) groups excluding carboxylic acids is 1. The van der Waals surface area contributed by atoms with Gasteiger partial charge in [0, 0.05) is 17.7 Å². The minimum absolute atomic E-state index is 0.281. The molecule has 0 spiro atoms. The van der Waals surface area contributed by atoms with E-state index in [0.29, 0.717) is 17.3 Å². The van der Waals surface area contributed by atoms with Crippen LogP contribution in [-0.2, 0) is 24.2 Å². The normalized spacial score (nSPS) is 15.1. The molecule has 7 heteroatoms. The van der Waals surface area contributed by atoms with Crippen molar-refractivity contribution in [3.8, 4) is 0 Å². The number of ether oxygens (including phenoxy) is 1. The molecule has 0 amide bonds. The van der Waals surface area contributed by atoms with Gasteiger partial charge in [-0.3, -0.25) is 0 Å². The molecule has 0 aliphatic carbocycles. The van der Waals surface area contributed by atoms with E-state index in [1.54, 1.807) is 11.3 Å². The number of para-hydroxylation sites is 1. The summed E-state index contributed by atoms with van der Waals surface area (Å²) < 4.78 is 5.37. The maximum atomic E-state index is 12.8. The number of nitrogens with one attached hydrogen (secondary N) is 3. The lowest BCUT2D eigenvalue weighted by Gasteiger charge is -2.24. The second kappa shape index (κ2) is 10.0. The molecule has 160 valence electrons. The molecule has 5 nitrogen and oxygen atoms in total. The van der Waals surface area contributed by atoms with Crippen molar-refractivity contribution in [2.45, 2.75) is 26.4 Å². The molecule has 0 fully saturated rings. The fourth-order valence-electron chi connectivity index (χ4n) is 3.87. The Morgan fingerprint density at radius 2 is 1.81 bits per heavy atom. The van der Waals surface area contributed by atoms with Gasteiger partial charge in [-0.2, -0.15) is 0 Å². The number of hydrogen-bond donors (Lipinski definition) is 3. The number of benzene rings is 2. The van der Waals surface area contributed by atoms with Crippen molar-refractivity contribution in [3.63, 3.8) is 0 Å². The molecule has 0 bridgehead atoms. The number of carbonyl (C=O) groups is 1. The summed E-state index contributed by atoms with van der Waals surface area (Å²) in [5.74, 6) is -0.281. The Morgan fingerprint density at radius 1 is 1.10 bits per heavy atom. The van der Waals surface area contributed by atoms with Gasteiger partial charge in [-0.05, 0) is 36.8 Å². The molecule has 0 saturated carbocycles. The molecule has 1 aliphatic heterocycles. The zero-order valence-electron chi connectivity index (χ0n) is 17.4. The van der Waals surface area contributed by atoms with Gasteiger partial charge in [0.1, 0.15) is 18.1 Å². The molecule has 2 heterocycles. The average Bonchev–Trinajstić information content (AvgIpc) is 3.12. The van der Waals surface area contributed by atoms with Crippen molar-refractivity contribution in [1.82, 2.24) is 0 Å². The van der Waals surface area contributed by atoms with Crippen LogP contribution in [0.1, 0.15) is 33.3 Å². The van der Waals surface area contributed by atoms with Crippen LogP contribution in [-0.4, -0.2) is 24.2 Å². The van der Waals surface area contributed by atoms with Crippen molar-refractivity contribution < 1.29 is 14.4 Å². The fraction of sp³-hybridized carbons (Fsp3) is 0.250. The van der Waals surface area contributed by atoms with Gasteiger partial charge in [-0.1, -0.05) is 48.5 Å². The van der Waals surface area contributed by atoms with E-state index in [2.05, 4.69) is 34.9 Å². The lowest BCUT2D eigenvalue weighted by Crippen LogP contribution is -3.10. The zero-order chi connectivity index (χ0) is 21.6. The predicted molar refractivity (Wildman–Crippen MR) is 130 cm³/mol. The molecule has 3 N–H and O–H groups in total. The van der Waals surface area contributed by atoms with E-state index in [1.807, 2.05) is 43.3 Å². The number of fused-ring (bicyclic) bond motifs is 1. The van der Waals surface area contributed by atoms with Gasteiger partial charge in [0.2, 0.25) is 0 Å². The molecule has 1 aliphatic rings. The Bertz CT molecular complexity index is 1050. The van der Waals surface area contributed by atoms with E-state index in [0.717, 1.165) is 42.3 Å². The Morgan fingerprint density at radius 3 is 2.52 bits per heavy atom. The first kappa shape index (κ1) is 21.5. The summed E-state index contributed by atoms with van der Waals surface area (Å²) in [5.41, 5.74) is 3.97. The number of rotatable bonds is 6. The monoisotopic (exact) mass is 452 g/mol. The molecule has 4 rings (SSSR count). The maximum Gasteiger partial charge on any atom is 0.341 e. The Hall–Kier alpha value is -2.74. The fourth-order valence-corrected chi connectivity index (χ4v) is 5.46. The number of quaternary nitrogens is 1. The lowest BCUT2D eigenvalue weighted by molar-refractivity contribution is -0.929. The third-order valence-corrected chi connectivity index (χ3v) is 6.62. The van der Waals surface area contributed by atoms with Crippen molar-refractivity contribution in [2.75, 3.05) is 23.8 Å². The highest BCUT2D eigenvalue weighted by atomic mass is 32.1. The van der Waals surface area contributed by atoms with Gasteiger partial charge >= 0.3 is 5.97 Å². The minimum Gasteiger partial charge on any atom is -0.462 e. The largest absolute Gasteiger partial charge is 0.462 e. The summed E-state index contributed by atoms with van der Waals surface area (Å²) >= 11 is 7.12. The molecule has 1 unspecified atom stereocenters. The van der Waals surface area contributed by atoms with Crippen LogP contribution >= 0.6 is 23.6 Å². The first-order valence-electron chi connectivity index (χ1n) is 10.5. The van der Waals surface area contributed by atoms with Crippen LogP contribution < -0.4 is 15.5 Å². The summed E-state index contributed by atoms with van der Waals surface area (Å²) in [4.78, 5) is 15.5. The Kier molecular flexibility index (Phi) is 6.96. The third kappa shape index (κ3) is 5.31. The summed E-state index contributed by atoms with van der Waals surface area (Å²) in [6, 6.07) is 20.3. The lowest BCUT2D eigenvalue weighted by atomic mass is 10.0. The quantitative estimate of drug-likeness (QED) is 0.392. The number of esters is 1. The minimum atomic E-state index is -0.281. The Balaban J connectivity index is 1.54. The smallest absolute Gasteiger partial charge is 0.341 e. The van der Waals surface area contributed by atoms with Crippen LogP contribution in [0.4, 0.5) is 10.7 Å². The second-order valence-electron chi connectivity index (χ2n) is 7.46. The van der Waals surface area contributed by atoms with Gasteiger partial charge in [0.15, 0.2) is 5.11 Å². The second-order valence-corrected chi connectivity index (χ2v) is 8.98. The van der Waals surface area contributed by atoms with Gasteiger partial charge in [-0.15, -0.1) is 11.3 Å². The molecular formula is C24H26N3O2S2+. The highest BCUT2D eigenvalue weighted by molar-refractivity contribution is 7.80. The van der Waals surface area contributed by atoms with Crippen LogP contribution in [0.15, 0.2) is 60.7 Å². The van der Waals surface area contributed by atoms with Crippen molar-refractivity contribution in [1.29, 1.82) is 0 Å². The van der Waals surface area contributed by atoms with Crippen LogP contribution in [0.2, 0.25) is 0 Å². The summed E-state index contributed by atoms with van der Waals surface area (Å²) in [5, 5.41) is 7.65. The molecule has 1 aromatic heterocycles. The summed E-state index contributed by atoms with van der Waals surface area (Å²) in [6.45, 7) is 5.03.